The Morgan fingerprint density at radius 3 is 2.79 bits per heavy atom. The number of piperazine rings is 1. The highest BCUT2D eigenvalue weighted by molar-refractivity contribution is 5.79. The maximum absolute atomic E-state index is 5.24. The predicted molar refractivity (Wildman–Crippen MR) is 107 cm³/mol. The molecule has 1 atom stereocenters. The highest BCUT2D eigenvalue weighted by Gasteiger charge is 2.30. The lowest BCUT2D eigenvalue weighted by molar-refractivity contribution is 0.107. The van der Waals surface area contributed by atoms with Crippen LogP contribution in [0.5, 0.6) is 0 Å². The van der Waals surface area contributed by atoms with Crippen LogP contribution in [0.25, 0.3) is 10.9 Å². The van der Waals surface area contributed by atoms with Crippen LogP contribution < -0.4 is 0 Å². The molecule has 2 aromatic heterocycles. The van der Waals surface area contributed by atoms with Crippen molar-refractivity contribution in [1.29, 1.82) is 0 Å². The molecule has 1 aromatic carbocycles. The quantitative estimate of drug-likeness (QED) is 0.615. The van der Waals surface area contributed by atoms with Crippen LogP contribution in [0.4, 0.5) is 0 Å². The topological polar surface area (TPSA) is 72.2 Å². The van der Waals surface area contributed by atoms with Crippen LogP contribution in [-0.4, -0.2) is 81.4 Å². The maximum atomic E-state index is 5.24. The first-order valence-corrected chi connectivity index (χ1v) is 9.86. The Hall–Kier alpha value is -2.42. The molecule has 1 aliphatic rings. The highest BCUT2D eigenvalue weighted by Crippen LogP contribution is 2.30. The van der Waals surface area contributed by atoms with Crippen LogP contribution in [-0.2, 0) is 11.3 Å². The number of methoxy groups -OCH3 is 1. The van der Waals surface area contributed by atoms with Gasteiger partial charge in [-0.05, 0) is 40.7 Å². The minimum absolute atomic E-state index is 0.00969. The van der Waals surface area contributed by atoms with Crippen molar-refractivity contribution in [2.24, 2.45) is 0 Å². The monoisotopic (exact) mass is 381 g/mol. The summed E-state index contributed by atoms with van der Waals surface area (Å²) in [7, 11) is 1.70. The fraction of sp³-hybridized carbons (Fsp3) is 0.500. The van der Waals surface area contributed by atoms with Crippen LogP contribution in [0.1, 0.15) is 24.4 Å². The minimum atomic E-state index is 0.00969. The number of rotatable bonds is 7. The van der Waals surface area contributed by atoms with E-state index in [4.69, 9.17) is 4.74 Å². The Kier molecular flexibility index (Phi) is 5.90. The predicted octanol–water partition coefficient (Wildman–Crippen LogP) is 1.59. The van der Waals surface area contributed by atoms with Gasteiger partial charge in [-0.15, -0.1) is 5.10 Å². The number of ether oxygens (including phenoxy) is 1. The summed E-state index contributed by atoms with van der Waals surface area (Å²) in [5, 5.41) is 13.7. The molecule has 0 spiro atoms. The number of hydrogen-bond acceptors (Lipinski definition) is 7. The SMILES string of the molecule is CCN1CCN([C@@H](c2ccc3ncccc3c2)c2nnnn2CCOC)CC1. The van der Waals surface area contributed by atoms with Gasteiger partial charge in [0.15, 0.2) is 5.82 Å². The van der Waals surface area contributed by atoms with Gasteiger partial charge in [0.05, 0.1) is 24.7 Å². The number of tetrazole rings is 1. The molecule has 28 heavy (non-hydrogen) atoms. The van der Waals surface area contributed by atoms with Gasteiger partial charge in [0, 0.05) is 44.9 Å². The number of fused-ring (bicyclic) bond motifs is 1. The molecule has 0 amide bonds. The first kappa shape index (κ1) is 18.9. The lowest BCUT2D eigenvalue weighted by atomic mass is 10.0. The Bertz CT molecular complexity index is 904. The number of nitrogens with zero attached hydrogens (tertiary/aromatic N) is 7. The van der Waals surface area contributed by atoms with Gasteiger partial charge in [-0.25, -0.2) is 4.68 Å². The molecule has 0 unspecified atom stereocenters. The largest absolute Gasteiger partial charge is 0.383 e. The van der Waals surface area contributed by atoms with E-state index in [9.17, 15) is 0 Å². The average molecular weight is 381 g/mol. The van der Waals surface area contributed by atoms with Crippen molar-refractivity contribution >= 4 is 10.9 Å². The molecule has 148 valence electrons. The van der Waals surface area contributed by atoms with Crippen LogP contribution in [0, 0.1) is 0 Å². The molecule has 3 heterocycles. The zero-order valence-corrected chi connectivity index (χ0v) is 16.5. The second-order valence-electron chi connectivity index (χ2n) is 7.08. The Labute approximate surface area is 165 Å². The van der Waals surface area contributed by atoms with Gasteiger partial charge >= 0.3 is 0 Å². The van der Waals surface area contributed by atoms with E-state index in [2.05, 4.69) is 61.5 Å². The fourth-order valence-corrected chi connectivity index (χ4v) is 3.87. The molecule has 1 fully saturated rings. The first-order chi connectivity index (χ1) is 13.8. The molecule has 8 nitrogen and oxygen atoms in total. The molecule has 4 rings (SSSR count). The van der Waals surface area contributed by atoms with Crippen LogP contribution in [0.15, 0.2) is 36.5 Å². The molecule has 1 aliphatic heterocycles. The van der Waals surface area contributed by atoms with Gasteiger partial charge < -0.3 is 9.64 Å². The van der Waals surface area contributed by atoms with Crippen molar-refractivity contribution in [2.45, 2.75) is 19.5 Å². The normalized spacial score (nSPS) is 17.2. The minimum Gasteiger partial charge on any atom is -0.383 e. The molecular formula is C20H27N7O. The van der Waals surface area contributed by atoms with Crippen molar-refractivity contribution in [2.75, 3.05) is 46.4 Å². The van der Waals surface area contributed by atoms with Crippen molar-refractivity contribution < 1.29 is 4.74 Å². The van der Waals surface area contributed by atoms with Crippen LogP contribution in [0.2, 0.25) is 0 Å². The van der Waals surface area contributed by atoms with Crippen LogP contribution >= 0.6 is 0 Å². The van der Waals surface area contributed by atoms with Crippen molar-refractivity contribution in [3.05, 3.63) is 47.9 Å². The number of likely N-dealkylation sites (N-methyl/N-ethyl adjacent to an activating group) is 1. The standard InChI is InChI=1S/C20H27N7O/c1-3-25-9-11-26(12-10-25)19(20-22-23-24-27(20)13-14-28-2)17-6-7-18-16(15-17)5-4-8-21-18/h4-8,15,19H,3,9-14H2,1-2H3/t19-/m0/s1. The van der Waals surface area contributed by atoms with E-state index in [1.54, 1.807) is 7.11 Å². The number of pyridine rings is 1. The highest BCUT2D eigenvalue weighted by atomic mass is 16.5. The Morgan fingerprint density at radius 2 is 2.00 bits per heavy atom. The molecule has 0 radical (unpaired) electrons. The third-order valence-electron chi connectivity index (χ3n) is 5.47. The second kappa shape index (κ2) is 8.72. The molecular weight excluding hydrogens is 354 g/mol. The summed E-state index contributed by atoms with van der Waals surface area (Å²) in [5.41, 5.74) is 2.19. The summed E-state index contributed by atoms with van der Waals surface area (Å²) in [6, 6.07) is 10.5. The van der Waals surface area contributed by atoms with Gasteiger partial charge in [-0.3, -0.25) is 9.88 Å². The van der Waals surface area contributed by atoms with E-state index in [1.165, 1.54) is 5.56 Å². The number of aromatic nitrogens is 5. The number of hydrogen-bond donors (Lipinski definition) is 0. The maximum Gasteiger partial charge on any atom is 0.173 e. The number of benzene rings is 1. The van der Waals surface area contributed by atoms with E-state index in [0.717, 1.165) is 49.5 Å². The van der Waals surface area contributed by atoms with Gasteiger partial charge in [0.25, 0.3) is 0 Å². The van der Waals surface area contributed by atoms with Gasteiger partial charge in [-0.2, -0.15) is 0 Å². The molecule has 8 heteroatoms. The van der Waals surface area contributed by atoms with E-state index >= 15 is 0 Å². The summed E-state index contributed by atoms with van der Waals surface area (Å²) >= 11 is 0. The van der Waals surface area contributed by atoms with Crippen molar-refractivity contribution in [3.63, 3.8) is 0 Å². The molecule has 0 bridgehead atoms. The smallest absolute Gasteiger partial charge is 0.173 e. The van der Waals surface area contributed by atoms with E-state index in [-0.39, 0.29) is 6.04 Å². The first-order valence-electron chi connectivity index (χ1n) is 9.86. The van der Waals surface area contributed by atoms with E-state index in [1.807, 2.05) is 16.9 Å². The summed E-state index contributed by atoms with van der Waals surface area (Å²) in [4.78, 5) is 9.42. The van der Waals surface area contributed by atoms with E-state index in [0.29, 0.717) is 13.2 Å². The van der Waals surface area contributed by atoms with E-state index < -0.39 is 0 Å². The molecule has 0 saturated carbocycles. The van der Waals surface area contributed by atoms with Gasteiger partial charge in [0.1, 0.15) is 0 Å². The molecule has 0 N–H and O–H groups in total. The molecule has 0 aliphatic carbocycles. The Morgan fingerprint density at radius 1 is 1.14 bits per heavy atom. The zero-order valence-electron chi connectivity index (χ0n) is 16.5. The Balaban J connectivity index is 1.71. The zero-order chi connectivity index (χ0) is 19.3. The third kappa shape index (κ3) is 3.89. The average Bonchev–Trinajstić information content (AvgIpc) is 3.21. The molecule has 3 aromatic rings. The summed E-state index contributed by atoms with van der Waals surface area (Å²) < 4.78 is 7.11. The van der Waals surface area contributed by atoms with Gasteiger partial charge in [-0.1, -0.05) is 19.1 Å². The fourth-order valence-electron chi connectivity index (χ4n) is 3.87. The lowest BCUT2D eigenvalue weighted by Crippen LogP contribution is -2.48. The van der Waals surface area contributed by atoms with Crippen molar-refractivity contribution in [1.82, 2.24) is 35.0 Å². The summed E-state index contributed by atoms with van der Waals surface area (Å²) in [6.07, 6.45) is 1.83. The van der Waals surface area contributed by atoms with Crippen LogP contribution in [0.3, 0.4) is 0 Å². The van der Waals surface area contributed by atoms with Gasteiger partial charge in [0.2, 0.25) is 0 Å². The van der Waals surface area contributed by atoms with Crippen molar-refractivity contribution in [3.8, 4) is 0 Å². The lowest BCUT2D eigenvalue weighted by Gasteiger charge is -2.38. The summed E-state index contributed by atoms with van der Waals surface area (Å²) in [5.74, 6) is 0.866. The molecule has 1 saturated heterocycles. The summed E-state index contributed by atoms with van der Waals surface area (Å²) in [6.45, 7) is 8.61. The second-order valence-corrected chi connectivity index (χ2v) is 7.08. The third-order valence-corrected chi connectivity index (χ3v) is 5.47.